The average molecular weight is 271 g/mol. The van der Waals surface area contributed by atoms with Gasteiger partial charge < -0.3 is 4.90 Å². The van der Waals surface area contributed by atoms with E-state index in [4.69, 9.17) is 0 Å². The molecule has 0 aliphatic carbocycles. The van der Waals surface area contributed by atoms with Crippen molar-refractivity contribution in [2.75, 3.05) is 13.1 Å². The summed E-state index contributed by atoms with van der Waals surface area (Å²) in [5.74, 6) is 0.249. The number of carbonyl (C=O) groups is 1. The fourth-order valence-electron chi connectivity index (χ4n) is 2.56. The molecule has 2 rings (SSSR count). The van der Waals surface area contributed by atoms with Gasteiger partial charge in [-0.05, 0) is 36.8 Å². The van der Waals surface area contributed by atoms with Crippen LogP contribution in [0, 0.1) is 0 Å². The van der Waals surface area contributed by atoms with E-state index >= 15 is 0 Å². The predicted octanol–water partition coefficient (Wildman–Crippen LogP) is 3.75. The Morgan fingerprint density at radius 2 is 1.75 bits per heavy atom. The number of piperidine rings is 1. The molecule has 0 N–H and O–H groups in total. The highest BCUT2D eigenvalue weighted by Crippen LogP contribution is 2.15. The number of hydrogen-bond acceptors (Lipinski definition) is 1. The van der Waals surface area contributed by atoms with Crippen LogP contribution < -0.4 is 0 Å². The summed E-state index contributed by atoms with van der Waals surface area (Å²) >= 11 is 0. The summed E-state index contributed by atoms with van der Waals surface area (Å²) in [6, 6.07) is 8.53. The molecule has 1 saturated heterocycles. The van der Waals surface area contributed by atoms with E-state index in [-0.39, 0.29) is 5.91 Å². The molecule has 0 radical (unpaired) electrons. The van der Waals surface area contributed by atoms with Crippen LogP contribution in [0.15, 0.2) is 36.4 Å². The van der Waals surface area contributed by atoms with Crippen LogP contribution in [0.1, 0.15) is 43.7 Å². The Morgan fingerprint density at radius 3 is 2.35 bits per heavy atom. The van der Waals surface area contributed by atoms with E-state index < -0.39 is 0 Å². The van der Waals surface area contributed by atoms with Crippen molar-refractivity contribution in [1.29, 1.82) is 0 Å². The first-order chi connectivity index (χ1) is 9.69. The summed E-state index contributed by atoms with van der Waals surface area (Å²) in [4.78, 5) is 14.2. The number of hydrogen-bond donors (Lipinski definition) is 0. The lowest BCUT2D eigenvalue weighted by atomic mass is 10.0. The second-order valence-corrected chi connectivity index (χ2v) is 5.73. The van der Waals surface area contributed by atoms with Crippen molar-refractivity contribution >= 4 is 5.91 Å². The largest absolute Gasteiger partial charge is 0.342 e. The summed E-state index contributed by atoms with van der Waals surface area (Å²) in [7, 11) is 0. The first-order valence-electron chi connectivity index (χ1n) is 7.71. The summed E-state index contributed by atoms with van der Waals surface area (Å²) < 4.78 is 0. The van der Waals surface area contributed by atoms with Gasteiger partial charge in [0.15, 0.2) is 0 Å². The highest BCUT2D eigenvalue weighted by molar-refractivity contribution is 5.79. The number of nitrogens with zero attached hydrogens (tertiary/aromatic N) is 1. The number of benzene rings is 1. The van der Waals surface area contributed by atoms with Gasteiger partial charge >= 0.3 is 0 Å². The SMILES string of the molecule is C=C1CCN(C(=O)Cc2ccc(CCCC)cc2)CC1. The van der Waals surface area contributed by atoms with Crippen molar-refractivity contribution in [1.82, 2.24) is 4.90 Å². The van der Waals surface area contributed by atoms with Gasteiger partial charge in [-0.15, -0.1) is 0 Å². The van der Waals surface area contributed by atoms with Gasteiger partial charge in [0.2, 0.25) is 5.91 Å². The van der Waals surface area contributed by atoms with E-state index in [1.165, 1.54) is 24.0 Å². The Labute approximate surface area is 122 Å². The third-order valence-electron chi connectivity index (χ3n) is 4.02. The van der Waals surface area contributed by atoms with E-state index in [0.29, 0.717) is 6.42 Å². The van der Waals surface area contributed by atoms with Gasteiger partial charge in [-0.3, -0.25) is 4.79 Å². The zero-order valence-corrected chi connectivity index (χ0v) is 12.5. The van der Waals surface area contributed by atoms with E-state index in [9.17, 15) is 4.79 Å². The summed E-state index contributed by atoms with van der Waals surface area (Å²) in [6.07, 6.45) is 6.04. The first-order valence-corrected chi connectivity index (χ1v) is 7.71. The molecule has 0 spiro atoms. The fourth-order valence-corrected chi connectivity index (χ4v) is 2.56. The molecule has 1 heterocycles. The summed E-state index contributed by atoms with van der Waals surface area (Å²) in [6.45, 7) is 7.88. The molecule has 0 atom stereocenters. The monoisotopic (exact) mass is 271 g/mol. The predicted molar refractivity (Wildman–Crippen MR) is 83.7 cm³/mol. The van der Waals surface area contributed by atoms with Crippen molar-refractivity contribution in [2.24, 2.45) is 0 Å². The topological polar surface area (TPSA) is 20.3 Å². The molecule has 0 bridgehead atoms. The van der Waals surface area contributed by atoms with Gasteiger partial charge in [0, 0.05) is 13.1 Å². The van der Waals surface area contributed by atoms with E-state index in [0.717, 1.165) is 37.9 Å². The van der Waals surface area contributed by atoms with Gasteiger partial charge in [-0.2, -0.15) is 0 Å². The Kier molecular flexibility index (Phi) is 5.40. The lowest BCUT2D eigenvalue weighted by Crippen LogP contribution is -2.37. The molecule has 2 heteroatoms. The smallest absolute Gasteiger partial charge is 0.227 e. The highest BCUT2D eigenvalue weighted by atomic mass is 16.2. The van der Waals surface area contributed by atoms with E-state index in [1.807, 2.05) is 4.90 Å². The summed E-state index contributed by atoms with van der Waals surface area (Å²) in [5.41, 5.74) is 3.77. The minimum absolute atomic E-state index is 0.249. The zero-order valence-electron chi connectivity index (χ0n) is 12.5. The number of unbranched alkanes of at least 4 members (excludes halogenated alkanes) is 1. The molecule has 1 fully saturated rings. The van der Waals surface area contributed by atoms with Crippen molar-refractivity contribution in [3.8, 4) is 0 Å². The van der Waals surface area contributed by atoms with Crippen LogP contribution in [0.25, 0.3) is 0 Å². The van der Waals surface area contributed by atoms with Gasteiger partial charge in [0.05, 0.1) is 6.42 Å². The van der Waals surface area contributed by atoms with Gasteiger partial charge in [-0.1, -0.05) is 49.8 Å². The highest BCUT2D eigenvalue weighted by Gasteiger charge is 2.18. The van der Waals surface area contributed by atoms with E-state index in [1.54, 1.807) is 0 Å². The summed E-state index contributed by atoms with van der Waals surface area (Å²) in [5, 5.41) is 0. The molecule has 0 saturated carbocycles. The Morgan fingerprint density at radius 1 is 1.15 bits per heavy atom. The van der Waals surface area contributed by atoms with Crippen LogP contribution in [0.3, 0.4) is 0 Å². The molecule has 1 aliphatic rings. The molecule has 1 amide bonds. The number of rotatable bonds is 5. The second kappa shape index (κ2) is 7.28. The third kappa shape index (κ3) is 4.22. The lowest BCUT2D eigenvalue weighted by Gasteiger charge is -2.28. The quantitative estimate of drug-likeness (QED) is 0.747. The molecular weight excluding hydrogens is 246 g/mol. The minimum atomic E-state index is 0.249. The zero-order chi connectivity index (χ0) is 14.4. The van der Waals surface area contributed by atoms with Gasteiger partial charge in [0.25, 0.3) is 0 Å². The van der Waals surface area contributed by atoms with Crippen LogP contribution >= 0.6 is 0 Å². The average Bonchev–Trinajstić information content (AvgIpc) is 2.47. The van der Waals surface area contributed by atoms with Crippen molar-refractivity contribution in [3.63, 3.8) is 0 Å². The molecular formula is C18H25NO. The van der Waals surface area contributed by atoms with Crippen LogP contribution in [0.5, 0.6) is 0 Å². The minimum Gasteiger partial charge on any atom is -0.342 e. The second-order valence-electron chi connectivity index (χ2n) is 5.73. The van der Waals surface area contributed by atoms with Crippen LogP contribution in [0.4, 0.5) is 0 Å². The Hall–Kier alpha value is -1.57. The maximum absolute atomic E-state index is 12.2. The molecule has 2 nitrogen and oxygen atoms in total. The molecule has 20 heavy (non-hydrogen) atoms. The fraction of sp³-hybridized carbons (Fsp3) is 0.500. The first kappa shape index (κ1) is 14.8. The number of carbonyl (C=O) groups excluding carboxylic acids is 1. The number of amides is 1. The van der Waals surface area contributed by atoms with Gasteiger partial charge in [0.1, 0.15) is 0 Å². The van der Waals surface area contributed by atoms with Gasteiger partial charge in [-0.25, -0.2) is 0 Å². The Bertz CT molecular complexity index is 451. The van der Waals surface area contributed by atoms with Crippen LogP contribution in [-0.2, 0) is 17.6 Å². The molecule has 0 aromatic heterocycles. The van der Waals surface area contributed by atoms with E-state index in [2.05, 4.69) is 37.8 Å². The normalized spacial score (nSPS) is 15.4. The number of likely N-dealkylation sites (tertiary alicyclic amines) is 1. The molecule has 1 aromatic carbocycles. The number of aryl methyl sites for hydroxylation is 1. The maximum atomic E-state index is 12.2. The van der Waals surface area contributed by atoms with Crippen LogP contribution in [-0.4, -0.2) is 23.9 Å². The molecule has 0 unspecified atom stereocenters. The van der Waals surface area contributed by atoms with Crippen molar-refractivity contribution in [3.05, 3.63) is 47.5 Å². The Balaban J connectivity index is 1.86. The van der Waals surface area contributed by atoms with Crippen molar-refractivity contribution in [2.45, 2.75) is 45.4 Å². The standard InChI is InChI=1S/C18H25NO/c1-3-4-5-16-6-8-17(9-7-16)14-18(20)19-12-10-15(2)11-13-19/h6-9H,2-5,10-14H2,1H3. The van der Waals surface area contributed by atoms with Crippen LogP contribution in [0.2, 0.25) is 0 Å². The molecule has 108 valence electrons. The molecule has 1 aromatic rings. The third-order valence-corrected chi connectivity index (χ3v) is 4.02. The lowest BCUT2D eigenvalue weighted by molar-refractivity contribution is -0.130. The molecule has 1 aliphatic heterocycles. The van der Waals surface area contributed by atoms with Crippen molar-refractivity contribution < 1.29 is 4.79 Å². The maximum Gasteiger partial charge on any atom is 0.227 e.